The summed E-state index contributed by atoms with van der Waals surface area (Å²) in [6, 6.07) is 8.13. The molecule has 0 N–H and O–H groups in total. The molecule has 130 valence electrons. The molecule has 1 aliphatic rings. The molecule has 1 fully saturated rings. The average Bonchev–Trinajstić information content (AvgIpc) is 3.04. The molecular weight excluding hydrogens is 326 g/mol. The van der Waals surface area contributed by atoms with Crippen molar-refractivity contribution in [2.24, 2.45) is 0 Å². The zero-order valence-electron chi connectivity index (χ0n) is 14.3. The number of sulfonamides is 1. The average molecular weight is 349 g/mol. The van der Waals surface area contributed by atoms with Crippen LogP contribution in [0.4, 0.5) is 0 Å². The molecule has 0 amide bonds. The van der Waals surface area contributed by atoms with Crippen LogP contribution in [0.1, 0.15) is 50.0 Å². The molecule has 6 nitrogen and oxygen atoms in total. The summed E-state index contributed by atoms with van der Waals surface area (Å²) in [7, 11) is -3.18. The summed E-state index contributed by atoms with van der Waals surface area (Å²) in [6.45, 7) is 5.27. The Morgan fingerprint density at radius 2 is 1.96 bits per heavy atom. The van der Waals surface area contributed by atoms with E-state index in [1.54, 1.807) is 0 Å². The molecule has 2 heterocycles. The van der Waals surface area contributed by atoms with E-state index in [4.69, 9.17) is 4.52 Å². The maximum absolute atomic E-state index is 11.7. The van der Waals surface area contributed by atoms with E-state index in [0.29, 0.717) is 30.7 Å². The van der Waals surface area contributed by atoms with Crippen LogP contribution in [0.3, 0.4) is 0 Å². The lowest BCUT2D eigenvalue weighted by Gasteiger charge is -2.28. The predicted octanol–water partition coefficient (Wildman–Crippen LogP) is 3.00. The molecular formula is C17H23N3O3S. The Morgan fingerprint density at radius 3 is 2.58 bits per heavy atom. The molecule has 1 aliphatic heterocycles. The number of hydrogen-bond acceptors (Lipinski definition) is 5. The molecule has 2 aromatic rings. The van der Waals surface area contributed by atoms with E-state index in [0.717, 1.165) is 18.4 Å². The Labute approximate surface area is 142 Å². The highest BCUT2D eigenvalue weighted by molar-refractivity contribution is 7.88. The molecule has 1 atom stereocenters. The fourth-order valence-corrected chi connectivity index (χ4v) is 3.89. The molecule has 24 heavy (non-hydrogen) atoms. The third kappa shape index (κ3) is 3.67. The van der Waals surface area contributed by atoms with Gasteiger partial charge in [0.1, 0.15) is 0 Å². The van der Waals surface area contributed by atoms with Crippen LogP contribution in [-0.2, 0) is 10.0 Å². The van der Waals surface area contributed by atoms with Gasteiger partial charge < -0.3 is 4.52 Å². The zero-order valence-corrected chi connectivity index (χ0v) is 15.1. The van der Waals surface area contributed by atoms with Crippen LogP contribution in [-0.4, -0.2) is 42.2 Å². The lowest BCUT2D eigenvalue weighted by molar-refractivity contribution is 0.266. The molecule has 0 spiro atoms. The van der Waals surface area contributed by atoms with Crippen molar-refractivity contribution in [3.05, 3.63) is 35.7 Å². The van der Waals surface area contributed by atoms with Gasteiger partial charge in [0.05, 0.1) is 12.2 Å². The highest BCUT2D eigenvalue weighted by Crippen LogP contribution is 2.29. The van der Waals surface area contributed by atoms with E-state index >= 15 is 0 Å². The van der Waals surface area contributed by atoms with Crippen molar-refractivity contribution in [3.63, 3.8) is 0 Å². The number of nitrogens with zero attached hydrogens (tertiary/aromatic N) is 3. The van der Waals surface area contributed by atoms with Crippen molar-refractivity contribution >= 4 is 10.0 Å². The first kappa shape index (κ1) is 17.1. The van der Waals surface area contributed by atoms with Gasteiger partial charge in [-0.2, -0.15) is 4.98 Å². The summed E-state index contributed by atoms with van der Waals surface area (Å²) < 4.78 is 30.4. The second-order valence-corrected chi connectivity index (χ2v) is 8.68. The molecule has 0 aliphatic carbocycles. The highest BCUT2D eigenvalue weighted by Gasteiger charge is 2.30. The van der Waals surface area contributed by atoms with Crippen LogP contribution in [0, 0.1) is 0 Å². The Hall–Kier alpha value is -1.73. The fourth-order valence-electron chi connectivity index (χ4n) is 2.98. The normalized spacial score (nSPS) is 19.8. The number of hydrogen-bond donors (Lipinski definition) is 0. The smallest absolute Gasteiger partial charge is 0.231 e. The Balaban J connectivity index is 1.78. The number of piperidine rings is 1. The van der Waals surface area contributed by atoms with Gasteiger partial charge in [0, 0.05) is 18.7 Å². The first-order valence-electron chi connectivity index (χ1n) is 8.23. The fraction of sp³-hybridized carbons (Fsp3) is 0.529. The number of benzene rings is 1. The van der Waals surface area contributed by atoms with Crippen LogP contribution in [0.2, 0.25) is 0 Å². The van der Waals surface area contributed by atoms with Crippen LogP contribution >= 0.6 is 0 Å². The van der Waals surface area contributed by atoms with Gasteiger partial charge in [0.25, 0.3) is 0 Å². The molecule has 1 aromatic carbocycles. The number of rotatable bonds is 4. The maximum atomic E-state index is 11.7. The van der Waals surface area contributed by atoms with Gasteiger partial charge in [-0.15, -0.1) is 0 Å². The van der Waals surface area contributed by atoms with Crippen molar-refractivity contribution < 1.29 is 12.9 Å². The summed E-state index contributed by atoms with van der Waals surface area (Å²) in [5.74, 6) is 1.51. The van der Waals surface area contributed by atoms with Gasteiger partial charge in [-0.3, -0.25) is 0 Å². The molecule has 0 bridgehead atoms. The minimum Gasteiger partial charge on any atom is -0.339 e. The summed E-state index contributed by atoms with van der Waals surface area (Å²) in [5.41, 5.74) is 2.17. The van der Waals surface area contributed by atoms with Gasteiger partial charge in [-0.05, 0) is 24.3 Å². The zero-order chi connectivity index (χ0) is 17.3. The Bertz CT molecular complexity index is 797. The molecule has 3 rings (SSSR count). The molecule has 1 saturated heterocycles. The third-order valence-electron chi connectivity index (χ3n) is 4.48. The van der Waals surface area contributed by atoms with Gasteiger partial charge in [-0.1, -0.05) is 43.3 Å². The van der Waals surface area contributed by atoms with Crippen molar-refractivity contribution in [2.75, 3.05) is 19.3 Å². The van der Waals surface area contributed by atoms with Crippen molar-refractivity contribution in [1.29, 1.82) is 0 Å². The predicted molar refractivity (Wildman–Crippen MR) is 92.2 cm³/mol. The van der Waals surface area contributed by atoms with Crippen molar-refractivity contribution in [2.45, 2.75) is 38.5 Å². The molecule has 0 radical (unpaired) electrons. The molecule has 0 saturated carbocycles. The van der Waals surface area contributed by atoms with E-state index in [1.807, 2.05) is 12.1 Å². The van der Waals surface area contributed by atoms with Crippen molar-refractivity contribution in [3.8, 4) is 11.4 Å². The second kappa shape index (κ2) is 6.64. The van der Waals surface area contributed by atoms with E-state index in [-0.39, 0.29) is 5.92 Å². The maximum Gasteiger partial charge on any atom is 0.231 e. The van der Waals surface area contributed by atoms with Crippen molar-refractivity contribution in [1.82, 2.24) is 14.4 Å². The first-order chi connectivity index (χ1) is 11.3. The van der Waals surface area contributed by atoms with Gasteiger partial charge in [0.2, 0.25) is 21.7 Å². The molecule has 1 aromatic heterocycles. The van der Waals surface area contributed by atoms with Gasteiger partial charge in [-0.25, -0.2) is 12.7 Å². The quantitative estimate of drug-likeness (QED) is 0.848. The largest absolute Gasteiger partial charge is 0.339 e. The third-order valence-corrected chi connectivity index (χ3v) is 5.75. The van der Waals surface area contributed by atoms with Crippen LogP contribution in [0.5, 0.6) is 0 Å². The lowest BCUT2D eigenvalue weighted by Crippen LogP contribution is -2.38. The summed E-state index contributed by atoms with van der Waals surface area (Å²) in [4.78, 5) is 4.50. The Kier molecular flexibility index (Phi) is 4.73. The second-order valence-electron chi connectivity index (χ2n) is 6.69. The van der Waals surface area contributed by atoms with Gasteiger partial charge >= 0.3 is 0 Å². The van der Waals surface area contributed by atoms with E-state index in [1.165, 1.54) is 16.1 Å². The Morgan fingerprint density at radius 1 is 1.25 bits per heavy atom. The first-order valence-corrected chi connectivity index (χ1v) is 10.1. The van der Waals surface area contributed by atoms with Gasteiger partial charge in [0.15, 0.2) is 0 Å². The minimum atomic E-state index is -3.18. The van der Waals surface area contributed by atoms with E-state index in [2.05, 4.69) is 36.1 Å². The highest BCUT2D eigenvalue weighted by atomic mass is 32.2. The monoisotopic (exact) mass is 349 g/mol. The summed E-state index contributed by atoms with van der Waals surface area (Å²) >= 11 is 0. The lowest BCUT2D eigenvalue weighted by atomic mass is 9.99. The standard InChI is InChI=1S/C17H23N3O3S/c1-12(2)13-6-8-14(9-7-13)16-18-17(23-19-16)15-5-4-10-20(11-15)24(3,21)22/h6-9,12,15H,4-5,10-11H2,1-3H3/t15-/m0/s1. The van der Waals surface area contributed by atoms with Crippen LogP contribution in [0.25, 0.3) is 11.4 Å². The topological polar surface area (TPSA) is 76.3 Å². The number of aromatic nitrogens is 2. The van der Waals surface area contributed by atoms with Crippen LogP contribution in [0.15, 0.2) is 28.8 Å². The molecule has 0 unspecified atom stereocenters. The summed E-state index contributed by atoms with van der Waals surface area (Å²) in [6.07, 6.45) is 2.91. The molecule has 7 heteroatoms. The van der Waals surface area contributed by atoms with E-state index < -0.39 is 10.0 Å². The van der Waals surface area contributed by atoms with E-state index in [9.17, 15) is 8.42 Å². The van der Waals surface area contributed by atoms with Crippen LogP contribution < -0.4 is 0 Å². The summed E-state index contributed by atoms with van der Waals surface area (Å²) in [5, 5.41) is 4.07. The SMILES string of the molecule is CC(C)c1ccc(-c2noc([C@H]3CCCN(S(C)(=O)=O)C3)n2)cc1. The minimum absolute atomic E-state index is 0.0373.